The quantitative estimate of drug-likeness (QED) is 0.403. The summed E-state index contributed by atoms with van der Waals surface area (Å²) in [5.41, 5.74) is 2.04. The van der Waals surface area contributed by atoms with Crippen LogP contribution in [-0.2, 0) is 17.8 Å². The molecule has 3 aromatic rings. The van der Waals surface area contributed by atoms with Gasteiger partial charge in [-0.3, -0.25) is 4.79 Å². The van der Waals surface area contributed by atoms with Gasteiger partial charge in [0, 0.05) is 19.2 Å². The molecular formula is C24H30N4O4S. The van der Waals surface area contributed by atoms with Gasteiger partial charge in [-0.2, -0.15) is 0 Å². The Hall–Kier alpha value is -3.20. The first-order valence-electron chi connectivity index (χ1n) is 10.9. The number of rotatable bonds is 12. The molecule has 1 amide bonds. The molecule has 9 heteroatoms. The van der Waals surface area contributed by atoms with Crippen LogP contribution in [0.1, 0.15) is 19.4 Å². The number of methoxy groups -OCH3 is 1. The number of aromatic nitrogens is 3. The molecular weight excluding hydrogens is 440 g/mol. The maximum absolute atomic E-state index is 11.8. The summed E-state index contributed by atoms with van der Waals surface area (Å²) in [5, 5.41) is 12.1. The molecule has 3 rings (SSSR count). The molecule has 0 atom stereocenters. The number of carbonyl (C=O) groups excluding carboxylic acids is 1. The zero-order valence-corrected chi connectivity index (χ0v) is 20.3. The summed E-state index contributed by atoms with van der Waals surface area (Å²) in [7, 11) is 3.26. The number of aryl methyl sites for hydroxylation is 1. The molecule has 33 heavy (non-hydrogen) atoms. The maximum atomic E-state index is 11.8. The van der Waals surface area contributed by atoms with Crippen molar-refractivity contribution in [3.63, 3.8) is 0 Å². The normalized spacial score (nSPS) is 10.7. The van der Waals surface area contributed by atoms with Gasteiger partial charge in [0.25, 0.3) is 0 Å². The van der Waals surface area contributed by atoms with E-state index in [9.17, 15) is 4.79 Å². The minimum absolute atomic E-state index is 0.0617. The average molecular weight is 471 g/mol. The zero-order valence-electron chi connectivity index (χ0n) is 19.5. The predicted molar refractivity (Wildman–Crippen MR) is 129 cm³/mol. The highest BCUT2D eigenvalue weighted by atomic mass is 32.2. The first kappa shape index (κ1) is 24.4. The molecule has 2 aromatic carbocycles. The third kappa shape index (κ3) is 6.41. The van der Waals surface area contributed by atoms with Gasteiger partial charge < -0.3 is 24.1 Å². The highest BCUT2D eigenvalue weighted by Crippen LogP contribution is 2.30. The maximum Gasteiger partial charge on any atom is 0.230 e. The first-order chi connectivity index (χ1) is 16.1. The average Bonchev–Trinajstić information content (AvgIpc) is 3.25. The fraction of sp³-hybridized carbons (Fsp3) is 0.375. The van der Waals surface area contributed by atoms with E-state index >= 15 is 0 Å². The van der Waals surface area contributed by atoms with E-state index in [4.69, 9.17) is 14.2 Å². The molecule has 0 aliphatic carbocycles. The molecule has 1 aromatic heterocycles. The second-order valence-electron chi connectivity index (χ2n) is 7.05. The second-order valence-corrected chi connectivity index (χ2v) is 7.99. The largest absolute Gasteiger partial charge is 0.497 e. The first-order valence-corrected chi connectivity index (χ1v) is 11.9. The van der Waals surface area contributed by atoms with E-state index in [2.05, 4.69) is 15.5 Å². The SMILES string of the molecule is CCOc1ccc(CCn2c(SCC(=O)NC)nnc2-c2ccc(OC)cc2)cc1OCC. The molecule has 0 aliphatic heterocycles. The Kier molecular flexibility index (Phi) is 9.00. The summed E-state index contributed by atoms with van der Waals surface area (Å²) in [4.78, 5) is 11.8. The molecule has 176 valence electrons. The predicted octanol–water partition coefficient (Wildman–Crippen LogP) is 3.83. The lowest BCUT2D eigenvalue weighted by Crippen LogP contribution is -2.20. The van der Waals surface area contributed by atoms with Crippen LogP contribution in [0, 0.1) is 0 Å². The van der Waals surface area contributed by atoms with Crippen molar-refractivity contribution in [2.45, 2.75) is 32.0 Å². The summed E-state index contributed by atoms with van der Waals surface area (Å²) < 4.78 is 18.8. The number of hydrogen-bond acceptors (Lipinski definition) is 7. The highest BCUT2D eigenvalue weighted by Gasteiger charge is 2.16. The second kappa shape index (κ2) is 12.2. The van der Waals surface area contributed by atoms with Crippen molar-refractivity contribution in [3.8, 4) is 28.6 Å². The molecule has 0 aliphatic rings. The minimum atomic E-state index is -0.0617. The van der Waals surface area contributed by atoms with Crippen molar-refractivity contribution in [1.82, 2.24) is 20.1 Å². The number of benzene rings is 2. The summed E-state index contributed by atoms with van der Waals surface area (Å²) in [6, 6.07) is 13.7. The van der Waals surface area contributed by atoms with E-state index in [1.807, 2.05) is 60.9 Å². The highest BCUT2D eigenvalue weighted by molar-refractivity contribution is 7.99. The van der Waals surface area contributed by atoms with Crippen molar-refractivity contribution in [1.29, 1.82) is 0 Å². The standard InChI is InChI=1S/C24H30N4O4S/c1-5-31-20-12-7-17(15-21(20)32-6-2)13-14-28-23(18-8-10-19(30-4)11-9-18)26-27-24(28)33-16-22(29)25-3/h7-12,15H,5-6,13-14,16H2,1-4H3,(H,25,29). The number of hydrogen-bond donors (Lipinski definition) is 1. The lowest BCUT2D eigenvalue weighted by molar-refractivity contribution is -0.118. The molecule has 0 unspecified atom stereocenters. The van der Waals surface area contributed by atoms with Crippen LogP contribution < -0.4 is 19.5 Å². The van der Waals surface area contributed by atoms with Crippen LogP contribution in [0.2, 0.25) is 0 Å². The van der Waals surface area contributed by atoms with Crippen LogP contribution >= 0.6 is 11.8 Å². The Morgan fingerprint density at radius 1 is 1.03 bits per heavy atom. The van der Waals surface area contributed by atoms with Gasteiger partial charge in [-0.05, 0) is 62.2 Å². The Labute approximate surface area is 198 Å². The van der Waals surface area contributed by atoms with Gasteiger partial charge in [-0.1, -0.05) is 17.8 Å². The third-order valence-corrected chi connectivity index (χ3v) is 5.87. The lowest BCUT2D eigenvalue weighted by Gasteiger charge is -2.14. The summed E-state index contributed by atoms with van der Waals surface area (Å²) >= 11 is 1.37. The van der Waals surface area contributed by atoms with Crippen LogP contribution in [0.5, 0.6) is 17.2 Å². The Balaban J connectivity index is 1.86. The lowest BCUT2D eigenvalue weighted by atomic mass is 10.1. The van der Waals surface area contributed by atoms with Crippen molar-refractivity contribution < 1.29 is 19.0 Å². The van der Waals surface area contributed by atoms with Crippen molar-refractivity contribution in [2.75, 3.05) is 33.1 Å². The van der Waals surface area contributed by atoms with Crippen LogP contribution in [0.25, 0.3) is 11.4 Å². The van der Waals surface area contributed by atoms with E-state index in [1.54, 1.807) is 14.2 Å². The minimum Gasteiger partial charge on any atom is -0.497 e. The molecule has 0 saturated heterocycles. The van der Waals surface area contributed by atoms with E-state index < -0.39 is 0 Å². The fourth-order valence-corrected chi connectivity index (χ4v) is 4.08. The van der Waals surface area contributed by atoms with Crippen molar-refractivity contribution in [3.05, 3.63) is 48.0 Å². The summed E-state index contributed by atoms with van der Waals surface area (Å²) in [6.07, 6.45) is 0.737. The van der Waals surface area contributed by atoms with Gasteiger partial charge >= 0.3 is 0 Å². The summed E-state index contributed by atoms with van der Waals surface area (Å²) in [6.45, 7) is 5.70. The molecule has 0 radical (unpaired) electrons. The van der Waals surface area contributed by atoms with E-state index in [1.165, 1.54) is 11.8 Å². The molecule has 8 nitrogen and oxygen atoms in total. The number of nitrogens with zero attached hydrogens (tertiary/aromatic N) is 3. The Bertz CT molecular complexity index is 1050. The smallest absolute Gasteiger partial charge is 0.230 e. The van der Waals surface area contributed by atoms with Gasteiger partial charge in [0.05, 0.1) is 26.1 Å². The number of ether oxygens (including phenoxy) is 3. The molecule has 0 spiro atoms. The Morgan fingerprint density at radius 2 is 1.76 bits per heavy atom. The molecule has 0 saturated carbocycles. The summed E-state index contributed by atoms with van der Waals surface area (Å²) in [5.74, 6) is 3.21. The van der Waals surface area contributed by atoms with E-state index in [0.717, 1.165) is 40.6 Å². The van der Waals surface area contributed by atoms with Crippen molar-refractivity contribution >= 4 is 17.7 Å². The molecule has 1 heterocycles. The van der Waals surface area contributed by atoms with E-state index in [0.29, 0.717) is 24.9 Å². The van der Waals surface area contributed by atoms with Gasteiger partial charge in [0.2, 0.25) is 5.91 Å². The molecule has 0 bridgehead atoms. The number of carbonyl (C=O) groups is 1. The number of thioether (sulfide) groups is 1. The van der Waals surface area contributed by atoms with Gasteiger partial charge in [0.1, 0.15) is 5.75 Å². The number of nitrogens with one attached hydrogen (secondary N) is 1. The van der Waals surface area contributed by atoms with Gasteiger partial charge in [-0.25, -0.2) is 0 Å². The fourth-order valence-electron chi connectivity index (χ4n) is 3.24. The van der Waals surface area contributed by atoms with Crippen LogP contribution in [0.15, 0.2) is 47.6 Å². The van der Waals surface area contributed by atoms with Crippen LogP contribution in [0.3, 0.4) is 0 Å². The Morgan fingerprint density at radius 3 is 2.42 bits per heavy atom. The van der Waals surface area contributed by atoms with Crippen LogP contribution in [0.4, 0.5) is 0 Å². The number of amides is 1. The van der Waals surface area contributed by atoms with Gasteiger partial charge in [0.15, 0.2) is 22.5 Å². The van der Waals surface area contributed by atoms with Crippen molar-refractivity contribution in [2.24, 2.45) is 0 Å². The van der Waals surface area contributed by atoms with Crippen LogP contribution in [-0.4, -0.2) is 53.8 Å². The molecule has 0 fully saturated rings. The topological polar surface area (TPSA) is 87.5 Å². The van der Waals surface area contributed by atoms with Gasteiger partial charge in [-0.15, -0.1) is 10.2 Å². The monoisotopic (exact) mass is 470 g/mol. The third-order valence-electron chi connectivity index (χ3n) is 4.91. The molecule has 1 N–H and O–H groups in total. The van der Waals surface area contributed by atoms with E-state index in [-0.39, 0.29) is 11.7 Å². The zero-order chi connectivity index (χ0) is 23.6.